The second-order valence-corrected chi connectivity index (χ2v) is 11.4. The molecule has 41 heavy (non-hydrogen) atoms. The van der Waals surface area contributed by atoms with Gasteiger partial charge < -0.3 is 14.8 Å². The van der Waals surface area contributed by atoms with Gasteiger partial charge in [-0.25, -0.2) is 22.8 Å². The molecule has 9 nitrogen and oxygen atoms in total. The Kier molecular flexibility index (Phi) is 9.30. The lowest BCUT2D eigenvalue weighted by Gasteiger charge is -2.26. The second kappa shape index (κ2) is 13.3. The zero-order chi connectivity index (χ0) is 28.7. The van der Waals surface area contributed by atoms with Crippen LogP contribution in [0.4, 0.5) is 21.6 Å². The molecule has 1 aromatic heterocycles. The number of halogens is 2. The monoisotopic (exact) mass is 597 g/mol. The van der Waals surface area contributed by atoms with Crippen LogP contribution in [0.15, 0.2) is 84.0 Å². The molecule has 0 atom stereocenters. The van der Waals surface area contributed by atoms with Crippen LogP contribution in [-0.4, -0.2) is 62.7 Å². The van der Waals surface area contributed by atoms with Crippen LogP contribution in [0.3, 0.4) is 0 Å². The van der Waals surface area contributed by atoms with Crippen molar-refractivity contribution in [3.8, 4) is 17.0 Å². The van der Waals surface area contributed by atoms with Gasteiger partial charge in [0.25, 0.3) is 10.0 Å². The van der Waals surface area contributed by atoms with E-state index in [0.717, 1.165) is 74.5 Å². The summed E-state index contributed by atoms with van der Waals surface area (Å²) in [7, 11) is -3.93. The van der Waals surface area contributed by atoms with Gasteiger partial charge in [-0.1, -0.05) is 11.6 Å². The molecule has 4 aromatic rings. The molecule has 1 saturated heterocycles. The minimum atomic E-state index is -3.93. The summed E-state index contributed by atoms with van der Waals surface area (Å²) < 4.78 is 52.4. The molecule has 0 unspecified atom stereocenters. The maximum atomic E-state index is 13.4. The van der Waals surface area contributed by atoms with Crippen molar-refractivity contribution in [3.05, 3.63) is 90.0 Å². The van der Waals surface area contributed by atoms with E-state index in [9.17, 15) is 12.8 Å². The fourth-order valence-corrected chi connectivity index (χ4v) is 5.57. The number of anilines is 3. The summed E-state index contributed by atoms with van der Waals surface area (Å²) in [6.45, 7) is 5.21. The first-order chi connectivity index (χ1) is 19.9. The molecular formula is C29H29ClFN5O4S. The summed E-state index contributed by atoms with van der Waals surface area (Å²) in [6.07, 6.45) is 2.43. The van der Waals surface area contributed by atoms with Crippen LogP contribution in [0.2, 0.25) is 5.02 Å². The Morgan fingerprint density at radius 1 is 0.951 bits per heavy atom. The summed E-state index contributed by atoms with van der Waals surface area (Å²) in [5.41, 5.74) is 2.69. The number of nitrogens with one attached hydrogen (secondary N) is 2. The SMILES string of the molecule is O=S(=O)(Nc1ccc(Nc2cc(-c3ccc(OCCCN4CCOCC4)cc3)ncn2)cc1)c1ccc(F)c(Cl)c1. The largest absolute Gasteiger partial charge is 0.494 e. The number of morpholine rings is 1. The molecule has 1 fully saturated rings. The van der Waals surface area contributed by atoms with Gasteiger partial charge in [-0.2, -0.15) is 0 Å². The van der Waals surface area contributed by atoms with Gasteiger partial charge >= 0.3 is 0 Å². The molecule has 0 bridgehead atoms. The number of aromatic nitrogens is 2. The van der Waals surface area contributed by atoms with E-state index in [-0.39, 0.29) is 9.92 Å². The number of nitrogens with zero attached hydrogens (tertiary/aromatic N) is 3. The Balaban J connectivity index is 1.15. The maximum absolute atomic E-state index is 13.4. The van der Waals surface area contributed by atoms with E-state index in [1.54, 1.807) is 24.3 Å². The van der Waals surface area contributed by atoms with Gasteiger partial charge in [0, 0.05) is 42.6 Å². The smallest absolute Gasteiger partial charge is 0.261 e. The molecule has 1 aliphatic rings. The van der Waals surface area contributed by atoms with Crippen molar-refractivity contribution in [2.45, 2.75) is 11.3 Å². The highest BCUT2D eigenvalue weighted by Gasteiger charge is 2.16. The Bertz CT molecular complexity index is 1570. The number of hydrogen-bond donors (Lipinski definition) is 2. The maximum Gasteiger partial charge on any atom is 0.261 e. The van der Waals surface area contributed by atoms with E-state index in [1.807, 2.05) is 30.3 Å². The fraction of sp³-hybridized carbons (Fsp3) is 0.241. The number of hydrogen-bond acceptors (Lipinski definition) is 8. The van der Waals surface area contributed by atoms with Crippen LogP contribution in [-0.2, 0) is 14.8 Å². The van der Waals surface area contributed by atoms with Crippen molar-refractivity contribution in [3.63, 3.8) is 0 Å². The lowest BCUT2D eigenvalue weighted by molar-refractivity contribution is 0.0358. The number of benzene rings is 3. The van der Waals surface area contributed by atoms with Crippen LogP contribution in [0, 0.1) is 5.82 Å². The molecular weight excluding hydrogens is 569 g/mol. The van der Waals surface area contributed by atoms with E-state index in [2.05, 4.69) is 24.9 Å². The Hall–Kier alpha value is -3.77. The van der Waals surface area contributed by atoms with Gasteiger partial charge in [-0.15, -0.1) is 0 Å². The zero-order valence-electron chi connectivity index (χ0n) is 22.1. The van der Waals surface area contributed by atoms with E-state index in [1.165, 1.54) is 6.33 Å². The van der Waals surface area contributed by atoms with Gasteiger partial charge in [-0.05, 0) is 73.2 Å². The third-order valence-electron chi connectivity index (χ3n) is 6.42. The van der Waals surface area contributed by atoms with Crippen molar-refractivity contribution in [2.24, 2.45) is 0 Å². The molecule has 3 aromatic carbocycles. The first kappa shape index (κ1) is 28.7. The molecule has 5 rings (SSSR count). The average molecular weight is 598 g/mol. The number of ether oxygens (including phenoxy) is 2. The highest BCUT2D eigenvalue weighted by atomic mass is 35.5. The summed E-state index contributed by atoms with van der Waals surface area (Å²) in [6, 6.07) is 19.5. The van der Waals surface area contributed by atoms with Crippen LogP contribution >= 0.6 is 11.6 Å². The standard InChI is InChI=1S/C29H29ClFN5O4S/c30-26-18-25(10-11-27(26)31)41(37,38)35-23-6-4-22(5-7-23)34-29-19-28(32-20-33-29)21-2-8-24(9-3-21)40-15-1-12-36-13-16-39-17-14-36/h2-11,18-20,35H,1,12-17H2,(H,32,33,34). The molecule has 0 saturated carbocycles. The van der Waals surface area contributed by atoms with Crippen molar-refractivity contribution >= 4 is 38.8 Å². The number of sulfonamides is 1. The van der Waals surface area contributed by atoms with Crippen molar-refractivity contribution in [1.29, 1.82) is 0 Å². The highest BCUT2D eigenvalue weighted by molar-refractivity contribution is 7.92. The predicted molar refractivity (Wildman–Crippen MR) is 157 cm³/mol. The Morgan fingerprint density at radius 2 is 1.68 bits per heavy atom. The van der Waals surface area contributed by atoms with Gasteiger partial charge in [0.05, 0.1) is 35.4 Å². The second-order valence-electron chi connectivity index (χ2n) is 9.35. The van der Waals surface area contributed by atoms with Gasteiger partial charge in [0.15, 0.2) is 0 Å². The summed E-state index contributed by atoms with van der Waals surface area (Å²) in [5, 5.41) is 2.93. The molecule has 2 heterocycles. The normalized spacial score (nSPS) is 14.0. The van der Waals surface area contributed by atoms with Crippen LogP contribution < -0.4 is 14.8 Å². The molecule has 0 amide bonds. The quantitative estimate of drug-likeness (QED) is 0.216. The highest BCUT2D eigenvalue weighted by Crippen LogP contribution is 2.26. The minimum Gasteiger partial charge on any atom is -0.494 e. The Morgan fingerprint density at radius 3 is 2.41 bits per heavy atom. The van der Waals surface area contributed by atoms with Gasteiger partial charge in [0.2, 0.25) is 0 Å². The van der Waals surface area contributed by atoms with Gasteiger partial charge in [0.1, 0.15) is 23.7 Å². The topological polar surface area (TPSA) is 106 Å². The molecule has 0 spiro atoms. The van der Waals surface area contributed by atoms with E-state index < -0.39 is 15.8 Å². The molecule has 2 N–H and O–H groups in total. The van der Waals surface area contributed by atoms with Crippen LogP contribution in [0.5, 0.6) is 5.75 Å². The Labute approximate surface area is 243 Å². The third-order valence-corrected chi connectivity index (χ3v) is 8.09. The summed E-state index contributed by atoms with van der Waals surface area (Å²) >= 11 is 5.73. The molecule has 0 radical (unpaired) electrons. The molecule has 1 aliphatic heterocycles. The lowest BCUT2D eigenvalue weighted by Crippen LogP contribution is -2.37. The fourth-order valence-electron chi connectivity index (χ4n) is 4.24. The molecule has 0 aliphatic carbocycles. The molecule has 12 heteroatoms. The van der Waals surface area contributed by atoms with Crippen LogP contribution in [0.1, 0.15) is 6.42 Å². The first-order valence-corrected chi connectivity index (χ1v) is 14.9. The average Bonchev–Trinajstić information content (AvgIpc) is 2.98. The lowest BCUT2D eigenvalue weighted by atomic mass is 10.1. The van der Waals surface area contributed by atoms with E-state index in [4.69, 9.17) is 21.1 Å². The number of rotatable bonds is 11. The van der Waals surface area contributed by atoms with Gasteiger partial charge in [-0.3, -0.25) is 9.62 Å². The molecule has 214 valence electrons. The van der Waals surface area contributed by atoms with Crippen molar-refractivity contribution in [2.75, 3.05) is 49.5 Å². The van der Waals surface area contributed by atoms with Crippen LogP contribution in [0.25, 0.3) is 11.3 Å². The first-order valence-electron chi connectivity index (χ1n) is 13.1. The van der Waals surface area contributed by atoms with Crippen molar-refractivity contribution < 1.29 is 22.3 Å². The summed E-state index contributed by atoms with van der Waals surface area (Å²) in [4.78, 5) is 10.9. The van der Waals surface area contributed by atoms with E-state index >= 15 is 0 Å². The van der Waals surface area contributed by atoms with E-state index in [0.29, 0.717) is 23.8 Å². The third kappa shape index (κ3) is 7.92. The zero-order valence-corrected chi connectivity index (χ0v) is 23.7. The summed E-state index contributed by atoms with van der Waals surface area (Å²) in [5.74, 6) is 0.694. The van der Waals surface area contributed by atoms with Crippen molar-refractivity contribution in [1.82, 2.24) is 14.9 Å². The minimum absolute atomic E-state index is 0.136. The predicted octanol–water partition coefficient (Wildman–Crippen LogP) is 5.58.